The number of rotatable bonds is 8. The largest absolute Gasteiger partial charge is 0.356 e. The Balaban J connectivity index is 2.35. The van der Waals surface area contributed by atoms with Crippen LogP contribution < -0.4 is 15.3 Å². The number of hydrogen-bond donors (Lipinski definition) is 0. The fourth-order valence-electron chi connectivity index (χ4n) is 5.22. The maximum Gasteiger partial charge on any atom is 0.137 e. The molecule has 0 saturated carbocycles. The van der Waals surface area contributed by atoms with Gasteiger partial charge in [-0.25, -0.2) is 4.98 Å². The van der Waals surface area contributed by atoms with Crippen LogP contribution in [0.25, 0.3) is 23.4 Å². The molecule has 1 fully saturated rings. The van der Waals surface area contributed by atoms with E-state index in [9.17, 15) is 5.26 Å². The molecule has 1 aliphatic rings. The van der Waals surface area contributed by atoms with Crippen molar-refractivity contribution in [3.63, 3.8) is 0 Å². The van der Waals surface area contributed by atoms with Gasteiger partial charge in [-0.3, -0.25) is 0 Å². The van der Waals surface area contributed by atoms with Gasteiger partial charge in [0.05, 0.1) is 22.2 Å². The summed E-state index contributed by atoms with van der Waals surface area (Å²) in [6.45, 7) is 14.4. The molecule has 1 aromatic heterocycles. The van der Waals surface area contributed by atoms with Gasteiger partial charge in [0.25, 0.3) is 0 Å². The number of aromatic nitrogens is 1. The first-order valence-corrected chi connectivity index (χ1v) is 14.5. The summed E-state index contributed by atoms with van der Waals surface area (Å²) in [5.74, 6) is 0.922. The van der Waals surface area contributed by atoms with Crippen molar-refractivity contribution in [1.82, 2.24) is 4.98 Å². The predicted molar refractivity (Wildman–Crippen MR) is 161 cm³/mol. The summed E-state index contributed by atoms with van der Waals surface area (Å²) in [6, 6.07) is 6.95. The highest BCUT2D eigenvalue weighted by Crippen LogP contribution is 2.37. The van der Waals surface area contributed by atoms with Gasteiger partial charge in [-0.2, -0.15) is 5.26 Å². The third-order valence-electron chi connectivity index (χ3n) is 7.44. The van der Waals surface area contributed by atoms with Crippen LogP contribution in [0.5, 0.6) is 0 Å². The summed E-state index contributed by atoms with van der Waals surface area (Å²) in [5, 5.41) is 13.3. The third kappa shape index (κ3) is 6.60. The lowest BCUT2D eigenvalue weighted by atomic mass is 9.82. The van der Waals surface area contributed by atoms with Crippen LogP contribution in [-0.2, 0) is 12.8 Å². The number of pyridine rings is 1. The van der Waals surface area contributed by atoms with E-state index in [0.717, 1.165) is 90.6 Å². The predicted octanol–water partition coefficient (Wildman–Crippen LogP) is 7.86. The Hall–Kier alpha value is -2.28. The van der Waals surface area contributed by atoms with E-state index in [4.69, 9.17) is 28.2 Å². The molecule has 0 radical (unpaired) electrons. The Morgan fingerprint density at radius 2 is 1.84 bits per heavy atom. The molecule has 0 unspecified atom stereocenters. The van der Waals surface area contributed by atoms with Crippen LogP contribution in [0, 0.1) is 23.7 Å². The van der Waals surface area contributed by atoms with Gasteiger partial charge >= 0.3 is 0 Å². The number of allylic oxidation sites excluding steroid dienone is 2. The summed E-state index contributed by atoms with van der Waals surface area (Å²) >= 11 is 13.8. The normalized spacial score (nSPS) is 16.8. The summed E-state index contributed by atoms with van der Waals surface area (Å²) in [7, 11) is 0. The third-order valence-corrected chi connectivity index (χ3v) is 8.14. The standard InChI is InChI=1S/C32H41Cl2N3/c1-7-11-24-18-22(5)26(13-9-3)29(30(24)34)28-19-23(10-4)27(20-25(33)12-8-2)31(36-28)37-16-14-32(6,21-35)15-17-37/h10,12,18-20H,7-9,11,13-17H2,1-6H3/b23-10-,25-12-,27-20+. The molecule has 1 aliphatic heterocycles. The lowest BCUT2D eigenvalue weighted by Crippen LogP contribution is -2.43. The molecule has 3 rings (SSSR count). The van der Waals surface area contributed by atoms with Gasteiger partial charge in [0, 0.05) is 28.9 Å². The molecule has 0 N–H and O–H groups in total. The van der Waals surface area contributed by atoms with Crippen molar-refractivity contribution in [3.8, 4) is 17.3 Å². The minimum atomic E-state index is -0.291. The van der Waals surface area contributed by atoms with E-state index in [1.807, 2.05) is 12.2 Å². The van der Waals surface area contributed by atoms with Crippen molar-refractivity contribution in [1.29, 1.82) is 5.26 Å². The highest BCUT2D eigenvalue weighted by molar-refractivity contribution is 6.34. The molecule has 2 heterocycles. The van der Waals surface area contributed by atoms with Crippen molar-refractivity contribution in [2.45, 2.75) is 86.5 Å². The molecule has 0 spiro atoms. The van der Waals surface area contributed by atoms with Crippen LogP contribution in [0.2, 0.25) is 5.02 Å². The number of aryl methyl sites for hydroxylation is 2. The maximum absolute atomic E-state index is 9.69. The number of benzene rings is 1. The van der Waals surface area contributed by atoms with E-state index in [1.54, 1.807) is 0 Å². The number of hydrogen-bond acceptors (Lipinski definition) is 3. The zero-order valence-electron chi connectivity index (χ0n) is 23.3. The van der Waals surface area contributed by atoms with Gasteiger partial charge in [-0.05, 0) is 86.9 Å². The first-order valence-electron chi connectivity index (χ1n) is 13.7. The number of halogens is 2. The monoisotopic (exact) mass is 537 g/mol. The van der Waals surface area contributed by atoms with Crippen molar-refractivity contribution in [2.24, 2.45) is 5.41 Å². The van der Waals surface area contributed by atoms with E-state index < -0.39 is 0 Å². The first kappa shape index (κ1) is 29.3. The van der Waals surface area contributed by atoms with Gasteiger partial charge in [0.1, 0.15) is 5.82 Å². The molecule has 3 nitrogen and oxygen atoms in total. The second-order valence-electron chi connectivity index (χ2n) is 10.4. The number of anilines is 1. The fraction of sp³-hybridized carbons (Fsp3) is 0.500. The number of nitriles is 1. The average molecular weight is 539 g/mol. The quantitative estimate of drug-likeness (QED) is 0.344. The van der Waals surface area contributed by atoms with E-state index in [1.165, 1.54) is 16.7 Å². The van der Waals surface area contributed by atoms with Crippen molar-refractivity contribution >= 4 is 41.2 Å². The Bertz CT molecular complexity index is 1310. The van der Waals surface area contributed by atoms with Crippen molar-refractivity contribution < 1.29 is 0 Å². The summed E-state index contributed by atoms with van der Waals surface area (Å²) < 4.78 is 0. The lowest BCUT2D eigenvalue weighted by molar-refractivity contribution is 0.336. The van der Waals surface area contributed by atoms with Gasteiger partial charge in [0.15, 0.2) is 0 Å². The molecule has 1 saturated heterocycles. The van der Waals surface area contributed by atoms with Crippen molar-refractivity contribution in [2.75, 3.05) is 18.0 Å². The Labute approximate surface area is 233 Å². The molecule has 37 heavy (non-hydrogen) atoms. The molecule has 0 bridgehead atoms. The minimum absolute atomic E-state index is 0.291. The van der Waals surface area contributed by atoms with Crippen LogP contribution >= 0.6 is 23.2 Å². The molecule has 0 atom stereocenters. The van der Waals surface area contributed by atoms with E-state index in [0.29, 0.717) is 5.03 Å². The Kier molecular flexibility index (Phi) is 10.3. The first-order chi connectivity index (χ1) is 17.7. The number of nitrogens with zero attached hydrogens (tertiary/aromatic N) is 3. The van der Waals surface area contributed by atoms with Crippen LogP contribution in [-0.4, -0.2) is 18.1 Å². The van der Waals surface area contributed by atoms with Crippen LogP contribution in [0.15, 0.2) is 23.2 Å². The lowest BCUT2D eigenvalue weighted by Gasteiger charge is -2.36. The summed E-state index contributed by atoms with van der Waals surface area (Å²) in [4.78, 5) is 7.66. The molecule has 1 aromatic carbocycles. The molecule has 2 aromatic rings. The van der Waals surface area contributed by atoms with E-state index in [-0.39, 0.29) is 5.41 Å². The van der Waals surface area contributed by atoms with Gasteiger partial charge in [-0.1, -0.05) is 75.0 Å². The smallest absolute Gasteiger partial charge is 0.137 e. The van der Waals surface area contributed by atoms with Crippen LogP contribution in [0.3, 0.4) is 0 Å². The van der Waals surface area contributed by atoms with Gasteiger partial charge in [-0.15, -0.1) is 0 Å². The maximum atomic E-state index is 9.69. The zero-order valence-corrected chi connectivity index (χ0v) is 24.9. The number of piperidine rings is 1. The van der Waals surface area contributed by atoms with Gasteiger partial charge < -0.3 is 4.90 Å². The molecule has 0 amide bonds. The Morgan fingerprint density at radius 3 is 2.41 bits per heavy atom. The SMILES string of the molecule is C/C=c1/cc(-c2c(Cl)c(CCC)cc(C)c2CCC)nc(N2CCC(C)(C#N)CC2)/c1=C/C(Cl)=C/CC. The zero-order chi connectivity index (χ0) is 27.2. The highest BCUT2D eigenvalue weighted by atomic mass is 35.5. The fourth-order valence-corrected chi connectivity index (χ4v) is 5.85. The molecular weight excluding hydrogens is 497 g/mol. The molecule has 5 heteroatoms. The second kappa shape index (κ2) is 13.0. The summed E-state index contributed by atoms with van der Waals surface area (Å²) in [6.07, 6.45) is 12.7. The Morgan fingerprint density at radius 1 is 1.16 bits per heavy atom. The average Bonchev–Trinajstić information content (AvgIpc) is 2.88. The topological polar surface area (TPSA) is 39.9 Å². The van der Waals surface area contributed by atoms with Gasteiger partial charge in [0.2, 0.25) is 0 Å². The van der Waals surface area contributed by atoms with Crippen molar-refractivity contribution in [3.05, 3.63) is 55.4 Å². The van der Waals surface area contributed by atoms with Crippen LogP contribution in [0.1, 0.15) is 83.4 Å². The molecular formula is C32H41Cl2N3. The van der Waals surface area contributed by atoms with E-state index in [2.05, 4.69) is 70.7 Å². The molecule has 198 valence electrons. The minimum Gasteiger partial charge on any atom is -0.356 e. The second-order valence-corrected chi connectivity index (χ2v) is 11.3. The molecule has 0 aliphatic carbocycles. The highest BCUT2D eigenvalue weighted by Gasteiger charge is 2.31. The van der Waals surface area contributed by atoms with E-state index >= 15 is 0 Å². The summed E-state index contributed by atoms with van der Waals surface area (Å²) in [5.41, 5.74) is 5.44. The van der Waals surface area contributed by atoms with Crippen LogP contribution in [0.4, 0.5) is 5.82 Å².